The van der Waals surface area contributed by atoms with Crippen LogP contribution in [0.25, 0.3) is 0 Å². The highest BCUT2D eigenvalue weighted by atomic mass is 16.5. The second-order valence-corrected chi connectivity index (χ2v) is 5.52. The van der Waals surface area contributed by atoms with Crippen molar-refractivity contribution in [2.45, 2.75) is 12.5 Å². The minimum absolute atomic E-state index is 0.426. The minimum atomic E-state index is -1.13. The number of ether oxygens (including phenoxy) is 1. The van der Waals surface area contributed by atoms with E-state index in [1.165, 1.54) is 6.21 Å². The molecular weight excluding hydrogens is 306 g/mol. The Morgan fingerprint density at radius 1 is 1.08 bits per heavy atom. The zero-order valence-corrected chi connectivity index (χ0v) is 13.4. The van der Waals surface area contributed by atoms with Gasteiger partial charge in [0.15, 0.2) is 0 Å². The summed E-state index contributed by atoms with van der Waals surface area (Å²) in [6.45, 7) is 1.67. The van der Waals surface area contributed by atoms with Crippen LogP contribution in [0.1, 0.15) is 18.1 Å². The van der Waals surface area contributed by atoms with Crippen molar-refractivity contribution in [3.63, 3.8) is 0 Å². The predicted molar refractivity (Wildman–Crippen MR) is 89.8 cm³/mol. The maximum Gasteiger partial charge on any atom is 0.346 e. The Hall–Kier alpha value is -3.15. The summed E-state index contributed by atoms with van der Waals surface area (Å²) >= 11 is 0. The molecule has 24 heavy (non-hydrogen) atoms. The average molecular weight is 323 g/mol. The van der Waals surface area contributed by atoms with Gasteiger partial charge in [0.05, 0.1) is 13.3 Å². The summed E-state index contributed by atoms with van der Waals surface area (Å²) in [7, 11) is 1.55. The number of para-hydroxylation sites is 1. The van der Waals surface area contributed by atoms with Gasteiger partial charge in [-0.05, 0) is 24.6 Å². The molecule has 1 aliphatic heterocycles. The van der Waals surface area contributed by atoms with Gasteiger partial charge < -0.3 is 10.1 Å². The number of hydrazone groups is 1. The van der Waals surface area contributed by atoms with E-state index in [4.69, 9.17) is 4.74 Å². The maximum absolute atomic E-state index is 12.7. The fourth-order valence-corrected chi connectivity index (χ4v) is 2.59. The van der Waals surface area contributed by atoms with Crippen LogP contribution in [-0.2, 0) is 10.3 Å². The molecule has 1 N–H and O–H groups in total. The Morgan fingerprint density at radius 3 is 2.46 bits per heavy atom. The van der Waals surface area contributed by atoms with E-state index < -0.39 is 17.5 Å². The Morgan fingerprint density at radius 2 is 1.75 bits per heavy atom. The Kier molecular flexibility index (Phi) is 4.04. The van der Waals surface area contributed by atoms with Crippen LogP contribution in [-0.4, -0.2) is 30.3 Å². The normalized spacial score (nSPS) is 20.5. The van der Waals surface area contributed by atoms with Crippen molar-refractivity contribution in [3.8, 4) is 5.75 Å². The van der Waals surface area contributed by atoms with Crippen molar-refractivity contribution < 1.29 is 14.3 Å². The summed E-state index contributed by atoms with van der Waals surface area (Å²) in [6.07, 6.45) is 1.44. The molecule has 6 heteroatoms. The van der Waals surface area contributed by atoms with E-state index in [0.717, 1.165) is 5.01 Å². The number of imide groups is 1. The molecule has 0 radical (unpaired) electrons. The van der Waals surface area contributed by atoms with Gasteiger partial charge in [-0.3, -0.25) is 4.79 Å². The standard InChI is InChI=1S/C18H17N3O3/c1-18(14-9-4-3-5-10-14)16(22)21(17(23)20-18)19-12-13-8-6-7-11-15(13)24-2/h3-12H,1-2H3,(H,20,23)/b19-12-/t18-/m0/s1. The fourth-order valence-electron chi connectivity index (χ4n) is 2.59. The third-order valence-corrected chi connectivity index (χ3v) is 3.97. The number of hydrogen-bond donors (Lipinski definition) is 1. The number of nitrogens with one attached hydrogen (secondary N) is 1. The molecule has 1 aliphatic rings. The van der Waals surface area contributed by atoms with Gasteiger partial charge in [0.2, 0.25) is 0 Å². The average Bonchev–Trinajstić information content (AvgIpc) is 2.84. The lowest BCUT2D eigenvalue weighted by molar-refractivity contribution is -0.131. The van der Waals surface area contributed by atoms with Crippen molar-refractivity contribution in [3.05, 3.63) is 65.7 Å². The molecule has 1 fully saturated rings. The highest BCUT2D eigenvalue weighted by molar-refractivity contribution is 6.07. The van der Waals surface area contributed by atoms with Gasteiger partial charge in [0.25, 0.3) is 5.91 Å². The Balaban J connectivity index is 1.89. The SMILES string of the molecule is COc1ccccc1/C=N\N1C(=O)N[C@@](C)(c2ccccc2)C1=O. The van der Waals surface area contributed by atoms with E-state index in [9.17, 15) is 9.59 Å². The number of urea groups is 1. The van der Waals surface area contributed by atoms with E-state index in [1.54, 1.807) is 38.3 Å². The van der Waals surface area contributed by atoms with Crippen LogP contribution in [0.3, 0.4) is 0 Å². The second-order valence-electron chi connectivity index (χ2n) is 5.52. The lowest BCUT2D eigenvalue weighted by atomic mass is 9.92. The van der Waals surface area contributed by atoms with Gasteiger partial charge in [-0.1, -0.05) is 42.5 Å². The molecular formula is C18H17N3O3. The summed E-state index contributed by atoms with van der Waals surface area (Å²) in [5.74, 6) is 0.184. The van der Waals surface area contributed by atoms with E-state index in [2.05, 4.69) is 10.4 Å². The summed E-state index contributed by atoms with van der Waals surface area (Å²) in [5, 5.41) is 7.60. The highest BCUT2D eigenvalue weighted by Crippen LogP contribution is 2.28. The first-order valence-corrected chi connectivity index (χ1v) is 7.45. The molecule has 2 aromatic rings. The Labute approximate surface area is 139 Å². The van der Waals surface area contributed by atoms with Crippen molar-refractivity contribution in [2.24, 2.45) is 5.10 Å². The van der Waals surface area contributed by atoms with E-state index in [1.807, 2.05) is 30.3 Å². The highest BCUT2D eigenvalue weighted by Gasteiger charge is 2.49. The minimum Gasteiger partial charge on any atom is -0.496 e. The molecule has 0 bridgehead atoms. The molecule has 122 valence electrons. The summed E-state index contributed by atoms with van der Waals surface area (Å²) in [5.41, 5.74) is 0.253. The van der Waals surface area contributed by atoms with Crippen molar-refractivity contribution in [1.82, 2.24) is 10.3 Å². The quantitative estimate of drug-likeness (QED) is 0.694. The van der Waals surface area contributed by atoms with Crippen LogP contribution in [0.4, 0.5) is 4.79 Å². The van der Waals surface area contributed by atoms with Crippen molar-refractivity contribution in [2.75, 3.05) is 7.11 Å². The third kappa shape index (κ3) is 2.62. The lowest BCUT2D eigenvalue weighted by Gasteiger charge is -2.20. The first kappa shape index (κ1) is 15.7. The van der Waals surface area contributed by atoms with E-state index >= 15 is 0 Å². The number of benzene rings is 2. The second kappa shape index (κ2) is 6.16. The zero-order valence-electron chi connectivity index (χ0n) is 13.4. The topological polar surface area (TPSA) is 71.0 Å². The Bertz CT molecular complexity index is 804. The van der Waals surface area contributed by atoms with Crippen LogP contribution in [0.15, 0.2) is 59.7 Å². The lowest BCUT2D eigenvalue weighted by Crippen LogP contribution is -2.40. The van der Waals surface area contributed by atoms with E-state index in [0.29, 0.717) is 16.9 Å². The number of nitrogens with zero attached hydrogens (tertiary/aromatic N) is 2. The fraction of sp³-hybridized carbons (Fsp3) is 0.167. The van der Waals surface area contributed by atoms with Gasteiger partial charge in [0, 0.05) is 5.56 Å². The number of hydrogen-bond acceptors (Lipinski definition) is 4. The van der Waals surface area contributed by atoms with Crippen molar-refractivity contribution >= 4 is 18.2 Å². The molecule has 2 aromatic carbocycles. The molecule has 0 aliphatic carbocycles. The monoisotopic (exact) mass is 323 g/mol. The number of methoxy groups -OCH3 is 1. The molecule has 3 rings (SSSR count). The number of rotatable bonds is 4. The molecule has 0 aromatic heterocycles. The van der Waals surface area contributed by atoms with Crippen LogP contribution >= 0.6 is 0 Å². The molecule has 0 unspecified atom stereocenters. The van der Waals surface area contributed by atoms with Crippen LogP contribution in [0.2, 0.25) is 0 Å². The molecule has 0 saturated carbocycles. The number of amides is 3. The van der Waals surface area contributed by atoms with Crippen molar-refractivity contribution in [1.29, 1.82) is 0 Å². The van der Waals surface area contributed by atoms with Crippen LogP contribution in [0, 0.1) is 0 Å². The first-order chi connectivity index (χ1) is 11.6. The zero-order chi connectivity index (χ0) is 17.2. The maximum atomic E-state index is 12.7. The van der Waals surface area contributed by atoms with Gasteiger partial charge in [-0.2, -0.15) is 5.10 Å². The molecule has 3 amide bonds. The molecule has 1 heterocycles. The number of carbonyl (C=O) groups is 2. The van der Waals surface area contributed by atoms with Gasteiger partial charge in [-0.25, -0.2) is 4.79 Å². The van der Waals surface area contributed by atoms with Crippen LogP contribution < -0.4 is 10.1 Å². The molecule has 1 saturated heterocycles. The summed E-state index contributed by atoms with van der Waals surface area (Å²) in [4.78, 5) is 24.9. The van der Waals surface area contributed by atoms with E-state index in [-0.39, 0.29) is 0 Å². The van der Waals surface area contributed by atoms with Gasteiger partial charge in [-0.15, -0.1) is 5.01 Å². The summed E-state index contributed by atoms with van der Waals surface area (Å²) < 4.78 is 5.23. The molecule has 1 atom stereocenters. The van der Waals surface area contributed by atoms with Crippen LogP contribution in [0.5, 0.6) is 5.75 Å². The largest absolute Gasteiger partial charge is 0.496 e. The predicted octanol–water partition coefficient (Wildman–Crippen LogP) is 2.50. The van der Waals surface area contributed by atoms with Gasteiger partial charge >= 0.3 is 6.03 Å². The third-order valence-electron chi connectivity index (χ3n) is 3.97. The van der Waals surface area contributed by atoms with Gasteiger partial charge in [0.1, 0.15) is 11.3 Å². The first-order valence-electron chi connectivity index (χ1n) is 7.45. The number of carbonyl (C=O) groups excluding carboxylic acids is 2. The molecule has 6 nitrogen and oxygen atoms in total. The summed E-state index contributed by atoms with van der Waals surface area (Å²) in [6, 6.07) is 15.8. The smallest absolute Gasteiger partial charge is 0.346 e. The molecule has 0 spiro atoms.